The molecule has 1 aromatic carbocycles. The van der Waals surface area contributed by atoms with Crippen LogP contribution < -0.4 is 4.90 Å². The lowest BCUT2D eigenvalue weighted by atomic mass is 10.1. The van der Waals surface area contributed by atoms with Gasteiger partial charge in [0.2, 0.25) is 0 Å². The number of allylic oxidation sites excluding steroid dienone is 1. The molecule has 88 valence electrons. The van der Waals surface area contributed by atoms with E-state index in [-0.39, 0.29) is 0 Å². The average molecular weight is 267 g/mol. The first-order valence-electron chi connectivity index (χ1n) is 5.63. The van der Waals surface area contributed by atoms with Gasteiger partial charge in [-0.05, 0) is 31.0 Å². The molecule has 0 saturated carbocycles. The Labute approximate surface area is 111 Å². The topological polar surface area (TPSA) is 15.6 Å². The van der Waals surface area contributed by atoms with E-state index in [9.17, 15) is 0 Å². The van der Waals surface area contributed by atoms with E-state index in [0.29, 0.717) is 17.1 Å². The Morgan fingerprint density at radius 1 is 1.24 bits per heavy atom. The molecule has 0 bridgehead atoms. The molecule has 0 N–H and O–H groups in total. The summed E-state index contributed by atoms with van der Waals surface area (Å²) in [7, 11) is 0. The summed E-state index contributed by atoms with van der Waals surface area (Å²) in [5, 5.41) is 1.29. The molecule has 2 aliphatic heterocycles. The number of nitrogens with zero attached hydrogens (tertiary/aromatic N) is 2. The molecule has 0 fully saturated rings. The molecule has 2 nitrogen and oxygen atoms in total. The number of rotatable bonds is 0. The van der Waals surface area contributed by atoms with E-state index in [4.69, 9.17) is 23.2 Å². The van der Waals surface area contributed by atoms with Gasteiger partial charge in [-0.25, -0.2) is 4.99 Å². The van der Waals surface area contributed by atoms with Crippen LogP contribution in [0.15, 0.2) is 35.0 Å². The van der Waals surface area contributed by atoms with E-state index >= 15 is 0 Å². The van der Waals surface area contributed by atoms with Crippen molar-refractivity contribution in [2.45, 2.75) is 19.9 Å². The van der Waals surface area contributed by atoms with Crippen LogP contribution in [0.4, 0.5) is 11.4 Å². The van der Waals surface area contributed by atoms with E-state index in [1.165, 1.54) is 0 Å². The Hall–Kier alpha value is -0.990. The third-order valence-electron chi connectivity index (χ3n) is 3.48. The molecule has 2 heterocycles. The summed E-state index contributed by atoms with van der Waals surface area (Å²) in [5.41, 5.74) is 2.93. The summed E-state index contributed by atoms with van der Waals surface area (Å²) in [5.74, 6) is 0.457. The second-order valence-corrected chi connectivity index (χ2v) is 5.35. The van der Waals surface area contributed by atoms with Gasteiger partial charge in [-0.2, -0.15) is 0 Å². The molecular formula is C13H12Cl2N2. The Kier molecular flexibility index (Phi) is 2.46. The van der Waals surface area contributed by atoms with E-state index in [1.54, 1.807) is 0 Å². The summed E-state index contributed by atoms with van der Waals surface area (Å²) >= 11 is 12.3. The average Bonchev–Trinajstić information content (AvgIpc) is 2.58. The minimum absolute atomic E-state index is 0.381. The smallest absolute Gasteiger partial charge is 0.153 e. The standard InChI is InChI=1S/C13H12Cl2N2/c1-7-5-12-13(15)16-10-4-3-9(14)6-11(10)17(12)8(7)2/h3-8H,1-2H3. The highest BCUT2D eigenvalue weighted by atomic mass is 35.5. The van der Waals surface area contributed by atoms with Crippen molar-refractivity contribution in [1.82, 2.24) is 0 Å². The minimum atomic E-state index is 0.381. The second kappa shape index (κ2) is 3.76. The fraction of sp³-hybridized carbons (Fsp3) is 0.308. The van der Waals surface area contributed by atoms with Crippen LogP contribution in [0, 0.1) is 5.92 Å². The van der Waals surface area contributed by atoms with Gasteiger partial charge < -0.3 is 4.90 Å². The molecule has 0 amide bonds. The molecule has 2 atom stereocenters. The lowest BCUT2D eigenvalue weighted by Gasteiger charge is -2.32. The maximum atomic E-state index is 6.22. The molecule has 0 saturated heterocycles. The molecule has 4 heteroatoms. The summed E-state index contributed by atoms with van der Waals surface area (Å²) in [6, 6.07) is 6.08. The van der Waals surface area contributed by atoms with Crippen LogP contribution in [0.5, 0.6) is 0 Å². The Bertz CT molecular complexity index is 548. The highest BCUT2D eigenvalue weighted by molar-refractivity contribution is 6.70. The normalized spacial score (nSPS) is 26.2. The van der Waals surface area contributed by atoms with E-state index in [1.807, 2.05) is 18.2 Å². The van der Waals surface area contributed by atoms with Crippen LogP contribution in [0.3, 0.4) is 0 Å². The minimum Gasteiger partial charge on any atom is -0.334 e. The van der Waals surface area contributed by atoms with Gasteiger partial charge >= 0.3 is 0 Å². The fourth-order valence-electron chi connectivity index (χ4n) is 2.39. The van der Waals surface area contributed by atoms with Gasteiger partial charge in [0.05, 0.1) is 17.1 Å². The van der Waals surface area contributed by atoms with Gasteiger partial charge in [-0.3, -0.25) is 0 Å². The predicted molar refractivity (Wildman–Crippen MR) is 73.6 cm³/mol. The quantitative estimate of drug-likeness (QED) is 0.682. The number of hydrogen-bond donors (Lipinski definition) is 0. The zero-order valence-electron chi connectivity index (χ0n) is 9.61. The highest BCUT2D eigenvalue weighted by Gasteiger charge is 2.35. The monoisotopic (exact) mass is 266 g/mol. The second-order valence-electron chi connectivity index (χ2n) is 4.56. The fourth-order valence-corrected chi connectivity index (χ4v) is 2.80. The van der Waals surface area contributed by atoms with Gasteiger partial charge in [0.1, 0.15) is 0 Å². The van der Waals surface area contributed by atoms with Crippen molar-refractivity contribution in [1.29, 1.82) is 0 Å². The van der Waals surface area contributed by atoms with Gasteiger partial charge in [0.15, 0.2) is 5.17 Å². The zero-order chi connectivity index (χ0) is 12.2. The first kappa shape index (κ1) is 11.1. The molecule has 2 unspecified atom stereocenters. The Morgan fingerprint density at radius 3 is 2.76 bits per heavy atom. The van der Waals surface area contributed by atoms with Gasteiger partial charge in [-0.1, -0.05) is 36.2 Å². The zero-order valence-corrected chi connectivity index (χ0v) is 11.1. The lowest BCUT2D eigenvalue weighted by molar-refractivity contribution is 0.599. The molecular weight excluding hydrogens is 255 g/mol. The van der Waals surface area contributed by atoms with Crippen molar-refractivity contribution in [3.8, 4) is 0 Å². The summed E-state index contributed by atoms with van der Waals surface area (Å²) in [6.45, 7) is 4.37. The third kappa shape index (κ3) is 1.59. The molecule has 3 rings (SSSR count). The molecule has 0 spiro atoms. The van der Waals surface area contributed by atoms with Crippen molar-refractivity contribution >= 4 is 39.7 Å². The molecule has 17 heavy (non-hydrogen) atoms. The van der Waals surface area contributed by atoms with E-state index in [2.05, 4.69) is 29.8 Å². The van der Waals surface area contributed by atoms with E-state index in [0.717, 1.165) is 22.1 Å². The van der Waals surface area contributed by atoms with Crippen molar-refractivity contribution in [3.05, 3.63) is 35.0 Å². The van der Waals surface area contributed by atoms with Crippen LogP contribution in [-0.4, -0.2) is 11.2 Å². The van der Waals surface area contributed by atoms with Gasteiger partial charge in [-0.15, -0.1) is 0 Å². The maximum absolute atomic E-state index is 6.22. The van der Waals surface area contributed by atoms with Crippen molar-refractivity contribution in [3.63, 3.8) is 0 Å². The lowest BCUT2D eigenvalue weighted by Crippen LogP contribution is -2.33. The van der Waals surface area contributed by atoms with Gasteiger partial charge in [0, 0.05) is 11.1 Å². The molecule has 2 aliphatic rings. The Balaban J connectivity index is 2.22. The first-order valence-corrected chi connectivity index (χ1v) is 6.38. The predicted octanol–water partition coefficient (Wildman–Crippen LogP) is 4.35. The molecule has 0 aromatic heterocycles. The van der Waals surface area contributed by atoms with Crippen molar-refractivity contribution in [2.75, 3.05) is 4.90 Å². The first-order chi connectivity index (χ1) is 8.08. The SMILES string of the molecule is CC1C=C2C(Cl)=Nc3ccc(Cl)cc3N2C1C. The summed E-state index contributed by atoms with van der Waals surface area (Å²) in [4.78, 5) is 6.64. The number of aliphatic imine (C=N–C) groups is 1. The number of fused-ring (bicyclic) bond motifs is 3. The van der Waals surface area contributed by atoms with Gasteiger partial charge in [0.25, 0.3) is 0 Å². The summed E-state index contributed by atoms with van der Waals surface area (Å²) in [6.07, 6.45) is 2.17. The van der Waals surface area contributed by atoms with Crippen LogP contribution in [0.2, 0.25) is 5.02 Å². The third-order valence-corrected chi connectivity index (χ3v) is 3.99. The molecule has 1 aromatic rings. The highest BCUT2D eigenvalue weighted by Crippen LogP contribution is 2.44. The summed E-state index contributed by atoms with van der Waals surface area (Å²) < 4.78 is 0. The Morgan fingerprint density at radius 2 is 2.00 bits per heavy atom. The van der Waals surface area contributed by atoms with Crippen LogP contribution >= 0.6 is 23.2 Å². The number of halogens is 2. The van der Waals surface area contributed by atoms with E-state index < -0.39 is 0 Å². The number of anilines is 1. The van der Waals surface area contributed by atoms with Crippen molar-refractivity contribution < 1.29 is 0 Å². The number of hydrogen-bond acceptors (Lipinski definition) is 2. The molecule has 0 aliphatic carbocycles. The van der Waals surface area contributed by atoms with Crippen molar-refractivity contribution in [2.24, 2.45) is 10.9 Å². The van der Waals surface area contributed by atoms with Crippen LogP contribution in [0.25, 0.3) is 0 Å². The van der Waals surface area contributed by atoms with Crippen LogP contribution in [-0.2, 0) is 0 Å². The maximum Gasteiger partial charge on any atom is 0.153 e. The molecule has 0 radical (unpaired) electrons. The number of benzene rings is 1. The van der Waals surface area contributed by atoms with Crippen LogP contribution in [0.1, 0.15) is 13.8 Å². The largest absolute Gasteiger partial charge is 0.334 e.